The first-order chi connectivity index (χ1) is 10.5. The Balaban J connectivity index is 1.72. The van der Waals surface area contributed by atoms with Gasteiger partial charge in [0.2, 0.25) is 0 Å². The Bertz CT molecular complexity index is 493. The fraction of sp³-hybridized carbons (Fsp3) is 0.562. The number of carbonyl (C=O) groups is 1. The number of benzene rings is 1. The van der Waals surface area contributed by atoms with Gasteiger partial charge in [0.05, 0.1) is 25.9 Å². The first-order valence-corrected chi connectivity index (χ1v) is 7.85. The predicted molar refractivity (Wildman–Crippen MR) is 83.9 cm³/mol. The summed E-state index contributed by atoms with van der Waals surface area (Å²) in [6.45, 7) is 1.49. The third kappa shape index (κ3) is 6.32. The maximum Gasteiger partial charge on any atom is 0.317 e. The van der Waals surface area contributed by atoms with Crippen LogP contribution in [0.3, 0.4) is 0 Å². The Morgan fingerprint density at radius 3 is 2.77 bits per heavy atom. The van der Waals surface area contributed by atoms with Gasteiger partial charge in [0.1, 0.15) is 0 Å². The van der Waals surface area contributed by atoms with Crippen molar-refractivity contribution in [2.24, 2.45) is 5.92 Å². The number of carboxylic acids is 1. The molecular formula is C16H22ClNO4. The van der Waals surface area contributed by atoms with Gasteiger partial charge in [-0.25, -0.2) is 0 Å². The van der Waals surface area contributed by atoms with Crippen molar-refractivity contribution in [2.75, 3.05) is 26.2 Å². The van der Waals surface area contributed by atoms with E-state index >= 15 is 0 Å². The minimum absolute atomic E-state index is 0.0436. The smallest absolute Gasteiger partial charge is 0.317 e. The van der Waals surface area contributed by atoms with Crippen molar-refractivity contribution in [2.45, 2.75) is 25.6 Å². The second-order valence-corrected chi connectivity index (χ2v) is 6.20. The number of carboxylic acid groups (broad SMARTS) is 1. The standard InChI is InChI=1S/C16H22ClNO4/c17-15-4-2-1-3-13(15)10-22-11-14(19)8-18(9-16(20)21)7-12-5-6-12/h1-4,12,14,19H,5-11H2,(H,20,21). The summed E-state index contributed by atoms with van der Waals surface area (Å²) in [5, 5.41) is 19.6. The number of aliphatic hydroxyl groups is 1. The van der Waals surface area contributed by atoms with Gasteiger partial charge in [-0.15, -0.1) is 0 Å². The van der Waals surface area contributed by atoms with Gasteiger partial charge < -0.3 is 14.9 Å². The molecule has 1 aliphatic carbocycles. The molecule has 0 heterocycles. The molecule has 1 aromatic carbocycles. The van der Waals surface area contributed by atoms with Crippen LogP contribution in [-0.4, -0.2) is 53.4 Å². The molecule has 6 heteroatoms. The van der Waals surface area contributed by atoms with Crippen LogP contribution in [0.2, 0.25) is 5.02 Å². The summed E-state index contributed by atoms with van der Waals surface area (Å²) in [7, 11) is 0. The fourth-order valence-electron chi connectivity index (χ4n) is 2.33. The molecule has 5 nitrogen and oxygen atoms in total. The van der Waals surface area contributed by atoms with Crippen LogP contribution < -0.4 is 0 Å². The highest BCUT2D eigenvalue weighted by molar-refractivity contribution is 6.31. The number of aliphatic hydroxyl groups excluding tert-OH is 1. The van der Waals surface area contributed by atoms with Crippen molar-refractivity contribution in [3.05, 3.63) is 34.9 Å². The molecule has 0 saturated heterocycles. The summed E-state index contributed by atoms with van der Waals surface area (Å²) < 4.78 is 5.48. The van der Waals surface area contributed by atoms with Crippen molar-refractivity contribution in [3.63, 3.8) is 0 Å². The van der Waals surface area contributed by atoms with Crippen LogP contribution in [0.15, 0.2) is 24.3 Å². The number of aliphatic carboxylic acids is 1. The molecule has 1 unspecified atom stereocenters. The number of ether oxygens (including phenoxy) is 1. The third-order valence-electron chi connectivity index (χ3n) is 3.57. The molecular weight excluding hydrogens is 306 g/mol. The molecule has 2 N–H and O–H groups in total. The molecule has 122 valence electrons. The lowest BCUT2D eigenvalue weighted by atomic mass is 10.2. The van der Waals surface area contributed by atoms with Crippen molar-refractivity contribution in [1.29, 1.82) is 0 Å². The summed E-state index contributed by atoms with van der Waals surface area (Å²) in [6.07, 6.45) is 1.59. The van der Waals surface area contributed by atoms with Crippen LogP contribution in [0, 0.1) is 5.92 Å². The third-order valence-corrected chi connectivity index (χ3v) is 3.94. The Kier molecular flexibility index (Phi) is 6.64. The molecule has 1 atom stereocenters. The summed E-state index contributed by atoms with van der Waals surface area (Å²) in [5.74, 6) is -0.291. The first-order valence-electron chi connectivity index (χ1n) is 7.48. The maximum atomic E-state index is 10.9. The summed E-state index contributed by atoms with van der Waals surface area (Å²) >= 11 is 6.03. The van der Waals surface area contributed by atoms with Crippen molar-refractivity contribution >= 4 is 17.6 Å². The van der Waals surface area contributed by atoms with Gasteiger partial charge in [0, 0.05) is 18.1 Å². The minimum atomic E-state index is -0.871. The van der Waals surface area contributed by atoms with E-state index in [1.54, 1.807) is 11.0 Å². The molecule has 0 aromatic heterocycles. The SMILES string of the molecule is O=C(O)CN(CC(O)COCc1ccccc1Cl)CC1CC1. The largest absolute Gasteiger partial charge is 0.480 e. The van der Waals surface area contributed by atoms with Gasteiger partial charge >= 0.3 is 5.97 Å². The van der Waals surface area contributed by atoms with Crippen LogP contribution in [0.25, 0.3) is 0 Å². The number of halogens is 1. The Hall–Kier alpha value is -1.14. The topological polar surface area (TPSA) is 70.0 Å². The summed E-state index contributed by atoms with van der Waals surface area (Å²) in [5.41, 5.74) is 0.872. The van der Waals surface area contributed by atoms with Crippen molar-refractivity contribution in [1.82, 2.24) is 4.90 Å². The molecule has 1 aliphatic rings. The van der Waals surface area contributed by atoms with Crippen LogP contribution in [0.1, 0.15) is 18.4 Å². The average Bonchev–Trinajstić information content (AvgIpc) is 3.24. The Morgan fingerprint density at radius 2 is 2.14 bits per heavy atom. The van der Waals surface area contributed by atoms with E-state index < -0.39 is 12.1 Å². The van der Waals surface area contributed by atoms with Gasteiger partial charge in [-0.2, -0.15) is 0 Å². The summed E-state index contributed by atoms with van der Waals surface area (Å²) in [6, 6.07) is 7.40. The second-order valence-electron chi connectivity index (χ2n) is 5.79. The Morgan fingerprint density at radius 1 is 1.41 bits per heavy atom. The molecule has 0 radical (unpaired) electrons. The first kappa shape index (κ1) is 17.2. The normalized spacial score (nSPS) is 16.0. The number of rotatable bonds is 10. The monoisotopic (exact) mass is 327 g/mol. The molecule has 2 rings (SSSR count). The number of hydrogen-bond donors (Lipinski definition) is 2. The van der Waals surface area contributed by atoms with E-state index in [1.165, 1.54) is 0 Å². The summed E-state index contributed by atoms with van der Waals surface area (Å²) in [4.78, 5) is 12.6. The van der Waals surface area contributed by atoms with Gasteiger partial charge in [-0.05, 0) is 30.4 Å². The second kappa shape index (κ2) is 8.48. The molecule has 1 aromatic rings. The molecule has 0 spiro atoms. The van der Waals surface area contributed by atoms with Gasteiger partial charge in [0.15, 0.2) is 0 Å². The molecule has 0 amide bonds. The van der Waals surface area contributed by atoms with Crippen LogP contribution in [-0.2, 0) is 16.1 Å². The quantitative estimate of drug-likeness (QED) is 0.688. The molecule has 1 saturated carbocycles. The lowest BCUT2D eigenvalue weighted by molar-refractivity contribution is -0.138. The van der Waals surface area contributed by atoms with Crippen molar-refractivity contribution < 1.29 is 19.7 Å². The lowest BCUT2D eigenvalue weighted by Crippen LogP contribution is -2.39. The Labute approximate surface area is 135 Å². The molecule has 1 fully saturated rings. The van der Waals surface area contributed by atoms with E-state index in [9.17, 15) is 9.90 Å². The molecule has 0 bridgehead atoms. The van der Waals surface area contributed by atoms with Gasteiger partial charge in [-0.1, -0.05) is 29.8 Å². The van der Waals surface area contributed by atoms with E-state index in [4.69, 9.17) is 21.4 Å². The fourth-order valence-corrected chi connectivity index (χ4v) is 2.52. The van der Waals surface area contributed by atoms with Crippen LogP contribution in [0.5, 0.6) is 0 Å². The highest BCUT2D eigenvalue weighted by atomic mass is 35.5. The zero-order chi connectivity index (χ0) is 15.9. The molecule has 22 heavy (non-hydrogen) atoms. The van der Waals surface area contributed by atoms with Crippen LogP contribution >= 0.6 is 11.6 Å². The van der Waals surface area contributed by atoms with E-state index in [0.717, 1.165) is 24.9 Å². The zero-order valence-electron chi connectivity index (χ0n) is 12.4. The van der Waals surface area contributed by atoms with E-state index in [1.807, 2.05) is 18.2 Å². The highest BCUT2D eigenvalue weighted by Gasteiger charge is 2.26. The van der Waals surface area contributed by atoms with Crippen LogP contribution in [0.4, 0.5) is 0 Å². The minimum Gasteiger partial charge on any atom is -0.480 e. The highest BCUT2D eigenvalue weighted by Crippen LogP contribution is 2.29. The van der Waals surface area contributed by atoms with E-state index in [2.05, 4.69) is 0 Å². The maximum absolute atomic E-state index is 10.9. The van der Waals surface area contributed by atoms with Gasteiger partial charge in [0.25, 0.3) is 0 Å². The predicted octanol–water partition coefficient (Wildman–Crippen LogP) is 2.01. The van der Waals surface area contributed by atoms with E-state index in [0.29, 0.717) is 24.1 Å². The lowest BCUT2D eigenvalue weighted by Gasteiger charge is -2.23. The molecule has 0 aliphatic heterocycles. The number of nitrogens with zero attached hydrogens (tertiary/aromatic N) is 1. The average molecular weight is 328 g/mol. The van der Waals surface area contributed by atoms with Gasteiger partial charge in [-0.3, -0.25) is 9.69 Å². The zero-order valence-corrected chi connectivity index (χ0v) is 13.2. The number of hydrogen-bond acceptors (Lipinski definition) is 4. The van der Waals surface area contributed by atoms with E-state index in [-0.39, 0.29) is 13.2 Å². The van der Waals surface area contributed by atoms with Crippen molar-refractivity contribution in [3.8, 4) is 0 Å².